The Kier molecular flexibility index (Phi) is 3.13. The van der Waals surface area contributed by atoms with Gasteiger partial charge in [0.15, 0.2) is 0 Å². The van der Waals surface area contributed by atoms with Gasteiger partial charge in [0.25, 0.3) is 0 Å². The van der Waals surface area contributed by atoms with E-state index < -0.39 is 0 Å². The maximum atomic E-state index is 5.86. The van der Waals surface area contributed by atoms with Crippen molar-refractivity contribution in [3.63, 3.8) is 0 Å². The first kappa shape index (κ1) is 10.0. The number of nitrogens with zero attached hydrogens (tertiary/aromatic N) is 1. The highest BCUT2D eigenvalue weighted by Crippen LogP contribution is 2.42. The fourth-order valence-corrected chi connectivity index (χ4v) is 2.21. The molecule has 2 N–H and O–H groups in total. The number of likely N-dealkylation sites (N-methyl/N-ethyl adjacent to an activating group) is 1. The van der Waals surface area contributed by atoms with Crippen molar-refractivity contribution in [3.05, 3.63) is 0 Å². The maximum Gasteiger partial charge on any atom is 0.0331 e. The lowest BCUT2D eigenvalue weighted by Gasteiger charge is -2.40. The Morgan fingerprint density at radius 2 is 1.83 bits per heavy atom. The first-order valence-corrected chi connectivity index (χ1v) is 5.14. The van der Waals surface area contributed by atoms with Crippen LogP contribution < -0.4 is 5.73 Å². The number of hydrogen-bond acceptors (Lipinski definition) is 2. The van der Waals surface area contributed by atoms with Gasteiger partial charge in [0, 0.05) is 12.1 Å². The molecule has 1 unspecified atom stereocenters. The molecule has 1 rings (SSSR count). The lowest BCUT2D eigenvalue weighted by atomic mass is 9.93. The van der Waals surface area contributed by atoms with E-state index in [2.05, 4.69) is 25.7 Å². The summed E-state index contributed by atoms with van der Waals surface area (Å²) in [7, 11) is 0. The Morgan fingerprint density at radius 1 is 1.33 bits per heavy atom. The molecule has 1 aliphatic rings. The molecule has 1 aliphatic carbocycles. The lowest BCUT2D eigenvalue weighted by Crippen LogP contribution is -2.53. The molecule has 0 aromatic carbocycles. The van der Waals surface area contributed by atoms with E-state index in [-0.39, 0.29) is 5.54 Å². The first-order valence-electron chi connectivity index (χ1n) is 5.14. The summed E-state index contributed by atoms with van der Waals surface area (Å²) in [6.45, 7) is 9.82. The molecule has 0 aromatic rings. The molecule has 2 nitrogen and oxygen atoms in total. The SMILES string of the molecule is CCN(CC)C(C)(CN)C1CC1. The van der Waals surface area contributed by atoms with Crippen LogP contribution >= 0.6 is 0 Å². The molecule has 0 bridgehead atoms. The minimum Gasteiger partial charge on any atom is -0.329 e. The van der Waals surface area contributed by atoms with E-state index in [1.807, 2.05) is 0 Å². The second-order valence-electron chi connectivity index (χ2n) is 4.01. The zero-order valence-corrected chi connectivity index (χ0v) is 8.64. The third-order valence-corrected chi connectivity index (χ3v) is 3.36. The van der Waals surface area contributed by atoms with Crippen LogP contribution in [0.15, 0.2) is 0 Å². The van der Waals surface area contributed by atoms with Crippen LogP contribution in [0.3, 0.4) is 0 Å². The molecule has 0 saturated heterocycles. The van der Waals surface area contributed by atoms with Gasteiger partial charge in [-0.3, -0.25) is 4.90 Å². The van der Waals surface area contributed by atoms with Crippen molar-refractivity contribution in [1.82, 2.24) is 4.90 Å². The molecule has 12 heavy (non-hydrogen) atoms. The molecule has 0 spiro atoms. The van der Waals surface area contributed by atoms with Crippen LogP contribution in [-0.4, -0.2) is 30.1 Å². The predicted molar refractivity (Wildman–Crippen MR) is 53.1 cm³/mol. The van der Waals surface area contributed by atoms with Crippen molar-refractivity contribution >= 4 is 0 Å². The summed E-state index contributed by atoms with van der Waals surface area (Å²) in [5.41, 5.74) is 6.14. The molecule has 0 amide bonds. The third kappa shape index (κ3) is 1.64. The summed E-state index contributed by atoms with van der Waals surface area (Å²) in [6, 6.07) is 0. The minimum atomic E-state index is 0.281. The quantitative estimate of drug-likeness (QED) is 0.677. The molecule has 0 aliphatic heterocycles. The van der Waals surface area contributed by atoms with Crippen molar-refractivity contribution in [2.45, 2.75) is 39.2 Å². The largest absolute Gasteiger partial charge is 0.329 e. The number of rotatable bonds is 5. The third-order valence-electron chi connectivity index (χ3n) is 3.36. The van der Waals surface area contributed by atoms with E-state index in [1.165, 1.54) is 12.8 Å². The summed E-state index contributed by atoms with van der Waals surface area (Å²) in [5, 5.41) is 0. The van der Waals surface area contributed by atoms with E-state index in [4.69, 9.17) is 5.73 Å². The monoisotopic (exact) mass is 170 g/mol. The number of nitrogens with two attached hydrogens (primary N) is 1. The van der Waals surface area contributed by atoms with Crippen LogP contribution in [0.5, 0.6) is 0 Å². The van der Waals surface area contributed by atoms with Crippen LogP contribution in [0.25, 0.3) is 0 Å². The number of hydrogen-bond donors (Lipinski definition) is 1. The fourth-order valence-electron chi connectivity index (χ4n) is 2.21. The van der Waals surface area contributed by atoms with Gasteiger partial charge < -0.3 is 5.73 Å². The Morgan fingerprint density at radius 3 is 2.08 bits per heavy atom. The zero-order chi connectivity index (χ0) is 9.19. The molecule has 0 aromatic heterocycles. The summed E-state index contributed by atoms with van der Waals surface area (Å²) < 4.78 is 0. The van der Waals surface area contributed by atoms with Crippen molar-refractivity contribution in [2.24, 2.45) is 11.7 Å². The van der Waals surface area contributed by atoms with Gasteiger partial charge in [0.1, 0.15) is 0 Å². The van der Waals surface area contributed by atoms with Gasteiger partial charge in [-0.2, -0.15) is 0 Å². The smallest absolute Gasteiger partial charge is 0.0331 e. The van der Waals surface area contributed by atoms with Crippen LogP contribution in [0.1, 0.15) is 33.6 Å². The molecule has 0 heterocycles. The molecule has 72 valence electrons. The zero-order valence-electron chi connectivity index (χ0n) is 8.64. The van der Waals surface area contributed by atoms with Crippen LogP contribution in [0, 0.1) is 5.92 Å². The minimum absolute atomic E-state index is 0.281. The molecule has 0 radical (unpaired) electrons. The first-order chi connectivity index (χ1) is 5.69. The Balaban J connectivity index is 2.61. The summed E-state index contributed by atoms with van der Waals surface area (Å²) in [6.07, 6.45) is 2.76. The van der Waals surface area contributed by atoms with E-state index in [9.17, 15) is 0 Å². The fraction of sp³-hybridized carbons (Fsp3) is 1.00. The normalized spacial score (nSPS) is 22.8. The molecule has 2 heteroatoms. The highest BCUT2D eigenvalue weighted by atomic mass is 15.2. The van der Waals surface area contributed by atoms with E-state index >= 15 is 0 Å². The van der Waals surface area contributed by atoms with Gasteiger partial charge in [0.2, 0.25) is 0 Å². The van der Waals surface area contributed by atoms with Crippen molar-refractivity contribution < 1.29 is 0 Å². The predicted octanol–water partition coefficient (Wildman–Crippen LogP) is 1.46. The van der Waals surface area contributed by atoms with Gasteiger partial charge in [-0.25, -0.2) is 0 Å². The average Bonchev–Trinajstić information content (AvgIpc) is 2.88. The summed E-state index contributed by atoms with van der Waals surface area (Å²) in [5.74, 6) is 0.863. The summed E-state index contributed by atoms with van der Waals surface area (Å²) >= 11 is 0. The van der Waals surface area contributed by atoms with E-state index in [1.54, 1.807) is 0 Å². The van der Waals surface area contributed by atoms with Gasteiger partial charge in [0.05, 0.1) is 0 Å². The standard InChI is InChI=1S/C10H22N2/c1-4-12(5-2)10(3,8-11)9-6-7-9/h9H,4-8,11H2,1-3H3. The molecule has 1 fully saturated rings. The topological polar surface area (TPSA) is 29.3 Å². The maximum absolute atomic E-state index is 5.86. The van der Waals surface area contributed by atoms with Gasteiger partial charge in [-0.15, -0.1) is 0 Å². The molecular weight excluding hydrogens is 148 g/mol. The van der Waals surface area contributed by atoms with Crippen molar-refractivity contribution in [2.75, 3.05) is 19.6 Å². The van der Waals surface area contributed by atoms with Crippen LogP contribution in [0.2, 0.25) is 0 Å². The van der Waals surface area contributed by atoms with Crippen molar-refractivity contribution in [1.29, 1.82) is 0 Å². The second-order valence-corrected chi connectivity index (χ2v) is 4.01. The highest BCUT2D eigenvalue weighted by molar-refractivity contribution is 4.99. The highest BCUT2D eigenvalue weighted by Gasteiger charge is 2.43. The lowest BCUT2D eigenvalue weighted by molar-refractivity contribution is 0.102. The second kappa shape index (κ2) is 3.75. The Labute approximate surface area is 76.1 Å². The molecule has 1 atom stereocenters. The Bertz CT molecular complexity index is 139. The van der Waals surface area contributed by atoms with Crippen molar-refractivity contribution in [3.8, 4) is 0 Å². The van der Waals surface area contributed by atoms with Gasteiger partial charge in [-0.1, -0.05) is 13.8 Å². The molecule has 1 saturated carbocycles. The van der Waals surface area contributed by atoms with E-state index in [0.29, 0.717) is 0 Å². The van der Waals surface area contributed by atoms with Crippen LogP contribution in [0.4, 0.5) is 0 Å². The van der Waals surface area contributed by atoms with Gasteiger partial charge >= 0.3 is 0 Å². The average molecular weight is 170 g/mol. The van der Waals surface area contributed by atoms with Crippen LogP contribution in [-0.2, 0) is 0 Å². The Hall–Kier alpha value is -0.0800. The summed E-state index contributed by atoms with van der Waals surface area (Å²) in [4.78, 5) is 2.50. The molecular formula is C10H22N2. The van der Waals surface area contributed by atoms with E-state index in [0.717, 1.165) is 25.6 Å². The van der Waals surface area contributed by atoms with Gasteiger partial charge in [-0.05, 0) is 38.8 Å².